The number of aryl methyl sites for hydroxylation is 1. The van der Waals surface area contributed by atoms with Crippen molar-refractivity contribution in [1.82, 2.24) is 10.4 Å². The normalized spacial score (nSPS) is 12.4. The molecule has 4 nitrogen and oxygen atoms in total. The number of nitrogens with one attached hydrogen (secondary N) is 1. The summed E-state index contributed by atoms with van der Waals surface area (Å²) < 4.78 is 5.69. The third kappa shape index (κ3) is 4.28. The summed E-state index contributed by atoms with van der Waals surface area (Å²) in [4.78, 5) is 4.25. The molecule has 2 aromatic rings. The molecule has 1 atom stereocenters. The first-order chi connectivity index (χ1) is 10.1. The summed E-state index contributed by atoms with van der Waals surface area (Å²) in [6.45, 7) is 6.11. The minimum absolute atomic E-state index is 0.00862. The third-order valence-corrected chi connectivity index (χ3v) is 3.39. The topological polar surface area (TPSA) is 60.2 Å². The molecule has 2 rings (SSSR count). The summed E-state index contributed by atoms with van der Waals surface area (Å²) in [7, 11) is 0. The molecule has 4 heteroatoms. The number of pyridine rings is 1. The second kappa shape index (κ2) is 7.20. The van der Waals surface area contributed by atoms with Crippen LogP contribution in [0.3, 0.4) is 0 Å². The van der Waals surface area contributed by atoms with Crippen molar-refractivity contribution in [3.05, 3.63) is 59.4 Å². The molecule has 0 amide bonds. The fraction of sp³-hybridized carbons (Fsp3) is 0.353. The number of rotatable bonds is 6. The molecule has 21 heavy (non-hydrogen) atoms. The molecular weight excluding hydrogens is 262 g/mol. The van der Waals surface area contributed by atoms with Crippen LogP contribution >= 0.6 is 0 Å². The molecule has 0 fully saturated rings. The Kier molecular flexibility index (Phi) is 5.31. The van der Waals surface area contributed by atoms with Crippen molar-refractivity contribution in [1.29, 1.82) is 0 Å². The molecule has 1 aromatic carbocycles. The molecule has 1 heterocycles. The van der Waals surface area contributed by atoms with Gasteiger partial charge in [0.05, 0.1) is 18.3 Å². The van der Waals surface area contributed by atoms with E-state index in [2.05, 4.69) is 29.5 Å². The SMILES string of the molecule is Cc1ccccc1CC(NN)c1cncc(OC(C)C)c1. The predicted molar refractivity (Wildman–Crippen MR) is 84.9 cm³/mol. The van der Waals surface area contributed by atoms with Crippen molar-refractivity contribution in [2.45, 2.75) is 39.3 Å². The molecule has 0 aliphatic heterocycles. The van der Waals surface area contributed by atoms with Gasteiger partial charge >= 0.3 is 0 Å². The first-order valence-corrected chi connectivity index (χ1v) is 7.22. The number of nitrogens with two attached hydrogens (primary N) is 1. The largest absolute Gasteiger partial charge is 0.489 e. The second-order valence-corrected chi connectivity index (χ2v) is 5.47. The fourth-order valence-electron chi connectivity index (χ4n) is 2.29. The van der Waals surface area contributed by atoms with Crippen LogP contribution in [0.15, 0.2) is 42.7 Å². The highest BCUT2D eigenvalue weighted by Crippen LogP contribution is 2.22. The Morgan fingerprint density at radius 1 is 1.24 bits per heavy atom. The van der Waals surface area contributed by atoms with Gasteiger partial charge in [0.2, 0.25) is 0 Å². The lowest BCUT2D eigenvalue weighted by atomic mass is 9.97. The van der Waals surface area contributed by atoms with Crippen molar-refractivity contribution in [3.8, 4) is 5.75 Å². The Morgan fingerprint density at radius 3 is 2.67 bits per heavy atom. The Bertz CT molecular complexity index is 584. The van der Waals surface area contributed by atoms with Crippen LogP contribution in [0.1, 0.15) is 36.6 Å². The van der Waals surface area contributed by atoms with E-state index in [0.717, 1.165) is 17.7 Å². The summed E-state index contributed by atoms with van der Waals surface area (Å²) in [5.41, 5.74) is 6.44. The van der Waals surface area contributed by atoms with Gasteiger partial charge in [-0.3, -0.25) is 16.3 Å². The lowest BCUT2D eigenvalue weighted by Crippen LogP contribution is -2.30. The highest BCUT2D eigenvalue weighted by molar-refractivity contribution is 5.31. The monoisotopic (exact) mass is 285 g/mol. The van der Waals surface area contributed by atoms with Gasteiger partial charge in [-0.05, 0) is 49.9 Å². The van der Waals surface area contributed by atoms with E-state index in [-0.39, 0.29) is 12.1 Å². The van der Waals surface area contributed by atoms with Crippen LogP contribution in [0.4, 0.5) is 0 Å². The first kappa shape index (κ1) is 15.5. The standard InChI is InChI=1S/C17H23N3O/c1-12(2)21-16-8-15(10-19-11-16)17(20-18)9-14-7-5-4-6-13(14)3/h4-8,10-12,17,20H,9,18H2,1-3H3. The molecule has 0 aliphatic rings. The summed E-state index contributed by atoms with van der Waals surface area (Å²) in [5, 5.41) is 0. The highest BCUT2D eigenvalue weighted by atomic mass is 16.5. The molecule has 3 N–H and O–H groups in total. The fourth-order valence-corrected chi connectivity index (χ4v) is 2.29. The molecule has 0 bridgehead atoms. The number of ether oxygens (including phenoxy) is 1. The van der Waals surface area contributed by atoms with E-state index in [0.29, 0.717) is 0 Å². The minimum Gasteiger partial charge on any atom is -0.489 e. The molecule has 1 aromatic heterocycles. The average Bonchev–Trinajstić information content (AvgIpc) is 2.46. The number of aromatic nitrogens is 1. The van der Waals surface area contributed by atoms with E-state index < -0.39 is 0 Å². The molecular formula is C17H23N3O. The maximum absolute atomic E-state index is 5.74. The van der Waals surface area contributed by atoms with Gasteiger partial charge in [0, 0.05) is 6.20 Å². The van der Waals surface area contributed by atoms with Gasteiger partial charge in [0.25, 0.3) is 0 Å². The summed E-state index contributed by atoms with van der Waals surface area (Å²) in [5.74, 6) is 6.51. The van der Waals surface area contributed by atoms with Gasteiger partial charge in [0.15, 0.2) is 0 Å². The van der Waals surface area contributed by atoms with Gasteiger partial charge in [-0.1, -0.05) is 24.3 Å². The lowest BCUT2D eigenvalue weighted by molar-refractivity contribution is 0.241. The number of hydrazine groups is 1. The zero-order valence-electron chi connectivity index (χ0n) is 12.8. The molecule has 112 valence electrons. The maximum atomic E-state index is 5.74. The van der Waals surface area contributed by atoms with Gasteiger partial charge in [-0.2, -0.15) is 0 Å². The number of hydrogen-bond acceptors (Lipinski definition) is 4. The van der Waals surface area contributed by atoms with Crippen LogP contribution < -0.4 is 16.0 Å². The quantitative estimate of drug-likeness (QED) is 0.633. The van der Waals surface area contributed by atoms with Crippen LogP contribution in [-0.4, -0.2) is 11.1 Å². The van der Waals surface area contributed by atoms with E-state index >= 15 is 0 Å². The Labute approximate surface area is 126 Å². The van der Waals surface area contributed by atoms with E-state index in [1.807, 2.05) is 38.2 Å². The molecule has 1 unspecified atom stereocenters. The van der Waals surface area contributed by atoms with E-state index in [1.165, 1.54) is 11.1 Å². The molecule has 0 saturated heterocycles. The van der Waals surface area contributed by atoms with Crippen molar-refractivity contribution in [3.63, 3.8) is 0 Å². The van der Waals surface area contributed by atoms with Gasteiger partial charge < -0.3 is 4.74 Å². The van der Waals surface area contributed by atoms with Crippen molar-refractivity contribution >= 4 is 0 Å². The van der Waals surface area contributed by atoms with E-state index in [1.54, 1.807) is 6.20 Å². The average molecular weight is 285 g/mol. The lowest BCUT2D eigenvalue weighted by Gasteiger charge is -2.18. The predicted octanol–water partition coefficient (Wildman–Crippen LogP) is 2.92. The van der Waals surface area contributed by atoms with Crippen LogP contribution in [-0.2, 0) is 6.42 Å². The first-order valence-electron chi connectivity index (χ1n) is 7.22. The number of hydrogen-bond donors (Lipinski definition) is 2. The Morgan fingerprint density at radius 2 is 2.00 bits per heavy atom. The number of nitrogens with zero attached hydrogens (tertiary/aromatic N) is 1. The zero-order valence-corrected chi connectivity index (χ0v) is 12.8. The molecule has 0 saturated carbocycles. The van der Waals surface area contributed by atoms with Crippen LogP contribution in [0, 0.1) is 6.92 Å². The van der Waals surface area contributed by atoms with Crippen LogP contribution in [0.2, 0.25) is 0 Å². The van der Waals surface area contributed by atoms with E-state index in [9.17, 15) is 0 Å². The Hall–Kier alpha value is -1.91. The summed E-state index contributed by atoms with van der Waals surface area (Å²) in [6, 6.07) is 10.3. The van der Waals surface area contributed by atoms with Crippen molar-refractivity contribution in [2.75, 3.05) is 0 Å². The smallest absolute Gasteiger partial charge is 0.138 e. The maximum Gasteiger partial charge on any atom is 0.138 e. The van der Waals surface area contributed by atoms with Crippen molar-refractivity contribution in [2.24, 2.45) is 5.84 Å². The Balaban J connectivity index is 2.19. The highest BCUT2D eigenvalue weighted by Gasteiger charge is 2.13. The molecule has 0 radical (unpaired) electrons. The molecule has 0 spiro atoms. The van der Waals surface area contributed by atoms with Crippen LogP contribution in [0.5, 0.6) is 5.75 Å². The van der Waals surface area contributed by atoms with Crippen molar-refractivity contribution < 1.29 is 4.74 Å². The number of benzene rings is 1. The minimum atomic E-state index is 0.00862. The zero-order chi connectivity index (χ0) is 15.2. The van der Waals surface area contributed by atoms with Gasteiger partial charge in [-0.25, -0.2) is 0 Å². The van der Waals surface area contributed by atoms with Gasteiger partial charge in [-0.15, -0.1) is 0 Å². The summed E-state index contributed by atoms with van der Waals surface area (Å²) >= 11 is 0. The summed E-state index contributed by atoms with van der Waals surface area (Å²) in [6.07, 6.45) is 4.50. The molecule has 0 aliphatic carbocycles. The van der Waals surface area contributed by atoms with E-state index in [4.69, 9.17) is 10.6 Å². The second-order valence-electron chi connectivity index (χ2n) is 5.47. The van der Waals surface area contributed by atoms with Gasteiger partial charge in [0.1, 0.15) is 5.75 Å². The van der Waals surface area contributed by atoms with Crippen LogP contribution in [0.25, 0.3) is 0 Å². The third-order valence-electron chi connectivity index (χ3n) is 3.39.